The summed E-state index contributed by atoms with van der Waals surface area (Å²) in [5.41, 5.74) is 4.26. The van der Waals surface area contributed by atoms with Crippen molar-refractivity contribution in [2.75, 3.05) is 19.0 Å². The van der Waals surface area contributed by atoms with Crippen LogP contribution in [0.3, 0.4) is 0 Å². The Morgan fingerprint density at radius 1 is 1.24 bits per heavy atom. The van der Waals surface area contributed by atoms with E-state index in [9.17, 15) is 0 Å². The van der Waals surface area contributed by atoms with Gasteiger partial charge < -0.3 is 0 Å². The van der Waals surface area contributed by atoms with E-state index in [-0.39, 0.29) is 0 Å². The average molecular weight is 252 g/mol. The summed E-state index contributed by atoms with van der Waals surface area (Å²) in [6, 6.07) is 6.75. The molecule has 1 aromatic carbocycles. The molecule has 0 N–H and O–H groups in total. The molecule has 17 heavy (non-hydrogen) atoms. The van der Waals surface area contributed by atoms with E-state index in [4.69, 9.17) is 11.6 Å². The van der Waals surface area contributed by atoms with Gasteiger partial charge in [-0.3, -0.25) is 4.90 Å². The molecule has 0 radical (unpaired) electrons. The Morgan fingerprint density at radius 3 is 2.59 bits per heavy atom. The zero-order valence-corrected chi connectivity index (χ0v) is 11.6. The monoisotopic (exact) mass is 251 g/mol. The normalized spacial score (nSPS) is 18.5. The number of hydrogen-bond donors (Lipinski definition) is 0. The lowest BCUT2D eigenvalue weighted by molar-refractivity contribution is 0.186. The maximum absolute atomic E-state index is 5.92. The minimum Gasteiger partial charge on any atom is -0.299 e. The van der Waals surface area contributed by atoms with Crippen molar-refractivity contribution in [1.29, 1.82) is 0 Å². The molecule has 1 nitrogen and oxygen atoms in total. The fourth-order valence-electron chi connectivity index (χ4n) is 2.51. The summed E-state index contributed by atoms with van der Waals surface area (Å²) in [6.45, 7) is 7.88. The van der Waals surface area contributed by atoms with Crippen LogP contribution >= 0.6 is 11.6 Å². The van der Waals surface area contributed by atoms with E-state index in [0.29, 0.717) is 0 Å². The lowest BCUT2D eigenvalue weighted by Crippen LogP contribution is -2.33. The van der Waals surface area contributed by atoms with Crippen LogP contribution in [-0.2, 0) is 6.54 Å². The first kappa shape index (κ1) is 12.9. The van der Waals surface area contributed by atoms with Crippen molar-refractivity contribution in [3.63, 3.8) is 0 Å². The van der Waals surface area contributed by atoms with Gasteiger partial charge in [0, 0.05) is 12.4 Å². The first-order valence-electron chi connectivity index (χ1n) is 6.53. The van der Waals surface area contributed by atoms with Crippen molar-refractivity contribution < 1.29 is 0 Å². The maximum atomic E-state index is 5.92. The molecule has 0 spiro atoms. The van der Waals surface area contributed by atoms with Gasteiger partial charge >= 0.3 is 0 Å². The maximum Gasteiger partial charge on any atom is 0.0252 e. The molecule has 0 unspecified atom stereocenters. The molecular formula is C15H22ClN. The van der Waals surface area contributed by atoms with E-state index in [1.54, 1.807) is 0 Å². The van der Waals surface area contributed by atoms with Crippen LogP contribution in [0.1, 0.15) is 29.5 Å². The fraction of sp³-hybridized carbons (Fsp3) is 0.600. The van der Waals surface area contributed by atoms with E-state index in [2.05, 4.69) is 36.9 Å². The van der Waals surface area contributed by atoms with Crippen LogP contribution in [0.4, 0.5) is 0 Å². The molecule has 1 saturated heterocycles. The third-order valence-corrected chi connectivity index (χ3v) is 4.26. The van der Waals surface area contributed by atoms with Crippen LogP contribution in [0, 0.1) is 19.8 Å². The van der Waals surface area contributed by atoms with Crippen molar-refractivity contribution >= 4 is 11.6 Å². The number of hydrogen-bond acceptors (Lipinski definition) is 1. The van der Waals surface area contributed by atoms with Gasteiger partial charge in [-0.25, -0.2) is 0 Å². The lowest BCUT2D eigenvalue weighted by Gasteiger charge is -2.31. The number of aryl methyl sites for hydroxylation is 2. The van der Waals surface area contributed by atoms with Gasteiger partial charge in [0.15, 0.2) is 0 Å². The van der Waals surface area contributed by atoms with Crippen molar-refractivity contribution in [1.82, 2.24) is 4.90 Å². The van der Waals surface area contributed by atoms with Crippen molar-refractivity contribution in [2.45, 2.75) is 33.2 Å². The van der Waals surface area contributed by atoms with Gasteiger partial charge in [0.2, 0.25) is 0 Å². The molecule has 0 aromatic heterocycles. The fourth-order valence-corrected chi connectivity index (χ4v) is 2.82. The predicted octanol–water partition coefficient (Wildman–Crippen LogP) is 3.75. The highest BCUT2D eigenvalue weighted by atomic mass is 35.5. The van der Waals surface area contributed by atoms with Crippen LogP contribution in [-0.4, -0.2) is 23.9 Å². The van der Waals surface area contributed by atoms with Crippen LogP contribution < -0.4 is 0 Å². The summed E-state index contributed by atoms with van der Waals surface area (Å²) in [5.74, 6) is 1.57. The molecule has 0 bridgehead atoms. The van der Waals surface area contributed by atoms with Crippen molar-refractivity contribution in [3.05, 3.63) is 34.9 Å². The molecule has 1 aliphatic heterocycles. The molecule has 94 valence electrons. The minimum atomic E-state index is 0.742. The number of benzene rings is 1. The molecule has 2 heteroatoms. The van der Waals surface area contributed by atoms with Crippen LogP contribution in [0.15, 0.2) is 18.2 Å². The quantitative estimate of drug-likeness (QED) is 0.740. The lowest BCUT2D eigenvalue weighted by atomic mass is 9.97. The molecule has 0 atom stereocenters. The summed E-state index contributed by atoms with van der Waals surface area (Å²) in [6.07, 6.45) is 2.52. The number of likely N-dealkylation sites (tertiary alicyclic amines) is 1. The van der Waals surface area contributed by atoms with Gasteiger partial charge in [-0.2, -0.15) is 0 Å². The second-order valence-electron chi connectivity index (χ2n) is 5.30. The Morgan fingerprint density at radius 2 is 1.94 bits per heavy atom. The standard InChI is InChI=1S/C15H22ClN/c1-12-3-4-13(2)15(9-12)11-17-7-5-14(10-16)6-8-17/h3-4,9,14H,5-8,10-11H2,1-2H3. The third-order valence-electron chi connectivity index (χ3n) is 3.82. The Hall–Kier alpha value is -0.530. The summed E-state index contributed by atoms with van der Waals surface area (Å²) in [4.78, 5) is 2.56. The molecule has 1 fully saturated rings. The highest BCUT2D eigenvalue weighted by Gasteiger charge is 2.18. The number of rotatable bonds is 3. The molecule has 1 aliphatic rings. The zero-order chi connectivity index (χ0) is 12.3. The van der Waals surface area contributed by atoms with Gasteiger partial charge in [-0.05, 0) is 56.8 Å². The number of halogens is 1. The summed E-state index contributed by atoms with van der Waals surface area (Å²) in [7, 11) is 0. The Bertz CT molecular complexity index is 367. The molecular weight excluding hydrogens is 230 g/mol. The summed E-state index contributed by atoms with van der Waals surface area (Å²) < 4.78 is 0. The van der Waals surface area contributed by atoms with Crippen LogP contribution in [0.25, 0.3) is 0 Å². The van der Waals surface area contributed by atoms with Crippen LogP contribution in [0.5, 0.6) is 0 Å². The highest BCUT2D eigenvalue weighted by molar-refractivity contribution is 6.18. The number of alkyl halides is 1. The largest absolute Gasteiger partial charge is 0.299 e. The van der Waals surface area contributed by atoms with E-state index < -0.39 is 0 Å². The molecule has 1 heterocycles. The van der Waals surface area contributed by atoms with Gasteiger partial charge in [-0.1, -0.05) is 23.8 Å². The zero-order valence-electron chi connectivity index (χ0n) is 10.9. The number of nitrogens with zero attached hydrogens (tertiary/aromatic N) is 1. The summed E-state index contributed by atoms with van der Waals surface area (Å²) in [5, 5.41) is 0. The van der Waals surface area contributed by atoms with Gasteiger partial charge in [0.25, 0.3) is 0 Å². The Kier molecular flexibility index (Phi) is 4.47. The van der Waals surface area contributed by atoms with E-state index in [1.165, 1.54) is 42.6 Å². The second-order valence-corrected chi connectivity index (χ2v) is 5.61. The average Bonchev–Trinajstić information content (AvgIpc) is 2.35. The molecule has 0 amide bonds. The second kappa shape index (κ2) is 5.88. The first-order chi connectivity index (χ1) is 8.19. The van der Waals surface area contributed by atoms with Crippen LogP contribution in [0.2, 0.25) is 0 Å². The first-order valence-corrected chi connectivity index (χ1v) is 7.07. The SMILES string of the molecule is Cc1ccc(C)c(CN2CCC(CCl)CC2)c1. The van der Waals surface area contributed by atoms with Gasteiger partial charge in [-0.15, -0.1) is 11.6 Å². The topological polar surface area (TPSA) is 3.24 Å². The predicted molar refractivity (Wildman–Crippen MR) is 74.6 cm³/mol. The highest BCUT2D eigenvalue weighted by Crippen LogP contribution is 2.21. The van der Waals surface area contributed by atoms with Crippen molar-refractivity contribution in [2.24, 2.45) is 5.92 Å². The smallest absolute Gasteiger partial charge is 0.0252 e. The third kappa shape index (κ3) is 3.46. The van der Waals surface area contributed by atoms with Gasteiger partial charge in [0.05, 0.1) is 0 Å². The molecule has 0 aliphatic carbocycles. The van der Waals surface area contributed by atoms with Gasteiger partial charge in [0.1, 0.15) is 0 Å². The van der Waals surface area contributed by atoms with E-state index in [0.717, 1.165) is 18.3 Å². The minimum absolute atomic E-state index is 0.742. The molecule has 2 rings (SSSR count). The molecule has 1 aromatic rings. The molecule has 0 saturated carbocycles. The Balaban J connectivity index is 1.95. The van der Waals surface area contributed by atoms with Crippen molar-refractivity contribution in [3.8, 4) is 0 Å². The summed E-state index contributed by atoms with van der Waals surface area (Å²) >= 11 is 5.92. The Labute approximate surface area is 110 Å². The number of piperidine rings is 1. The van der Waals surface area contributed by atoms with E-state index in [1.807, 2.05) is 0 Å². The van der Waals surface area contributed by atoms with E-state index >= 15 is 0 Å².